The zero-order chi connectivity index (χ0) is 14.8. The van der Waals surface area contributed by atoms with Gasteiger partial charge >= 0.3 is 6.36 Å². The first-order chi connectivity index (χ1) is 8.57. The molecular formula is C10H9ClF5NO2. The summed E-state index contributed by atoms with van der Waals surface area (Å²) in [5, 5.41) is 7.95. The van der Waals surface area contributed by atoms with Crippen molar-refractivity contribution in [3.63, 3.8) is 0 Å². The Labute approximate surface area is 109 Å². The number of ether oxygens (including phenoxy) is 1. The molecule has 0 unspecified atom stereocenters. The first-order valence-electron chi connectivity index (χ1n) is 4.86. The SMILES string of the molecule is N[C@@H](c1ccc(OC(F)(F)F)c(Cl)c1)C(F)(F)CO. The zero-order valence-electron chi connectivity index (χ0n) is 9.22. The topological polar surface area (TPSA) is 55.5 Å². The number of rotatable bonds is 4. The van der Waals surface area contributed by atoms with Crippen molar-refractivity contribution in [2.45, 2.75) is 18.3 Å². The summed E-state index contributed by atoms with van der Waals surface area (Å²) in [6.07, 6.45) is -4.94. The second-order valence-electron chi connectivity index (χ2n) is 3.63. The van der Waals surface area contributed by atoms with Crippen molar-refractivity contribution in [3.05, 3.63) is 28.8 Å². The van der Waals surface area contributed by atoms with E-state index in [0.717, 1.165) is 18.2 Å². The Balaban J connectivity index is 3.00. The standard InChI is InChI=1S/C10H9ClF5NO2/c11-6-3-5(8(17)9(12,13)4-18)1-2-7(6)19-10(14,15)16/h1-3,8,18H,4,17H2/t8-/m0/s1. The fraction of sp³-hybridized carbons (Fsp3) is 0.400. The molecule has 0 aliphatic heterocycles. The minimum Gasteiger partial charge on any atom is -0.404 e. The normalized spacial score (nSPS) is 14.3. The molecule has 0 heterocycles. The van der Waals surface area contributed by atoms with Gasteiger partial charge in [-0.15, -0.1) is 13.2 Å². The van der Waals surface area contributed by atoms with Gasteiger partial charge in [0.2, 0.25) is 0 Å². The van der Waals surface area contributed by atoms with Crippen molar-refractivity contribution < 1.29 is 31.8 Å². The second kappa shape index (κ2) is 5.48. The predicted octanol–water partition coefficient (Wildman–Crippen LogP) is 2.87. The monoisotopic (exact) mass is 305 g/mol. The second-order valence-corrected chi connectivity index (χ2v) is 4.04. The maximum Gasteiger partial charge on any atom is 0.573 e. The Morgan fingerprint density at radius 3 is 2.26 bits per heavy atom. The van der Waals surface area contributed by atoms with Gasteiger partial charge in [0.15, 0.2) is 0 Å². The van der Waals surface area contributed by atoms with Crippen LogP contribution in [0.2, 0.25) is 5.02 Å². The van der Waals surface area contributed by atoms with Crippen molar-refractivity contribution in [3.8, 4) is 5.75 Å². The van der Waals surface area contributed by atoms with Crippen LogP contribution >= 0.6 is 11.6 Å². The van der Waals surface area contributed by atoms with E-state index >= 15 is 0 Å². The van der Waals surface area contributed by atoms with Crippen LogP contribution in [0.4, 0.5) is 22.0 Å². The van der Waals surface area contributed by atoms with E-state index in [9.17, 15) is 22.0 Å². The smallest absolute Gasteiger partial charge is 0.404 e. The fourth-order valence-electron chi connectivity index (χ4n) is 1.26. The summed E-state index contributed by atoms with van der Waals surface area (Å²) < 4.78 is 65.7. The van der Waals surface area contributed by atoms with Gasteiger partial charge < -0.3 is 15.6 Å². The van der Waals surface area contributed by atoms with E-state index in [0.29, 0.717) is 0 Å². The first-order valence-corrected chi connectivity index (χ1v) is 5.24. The van der Waals surface area contributed by atoms with Crippen LogP contribution in [-0.2, 0) is 0 Å². The van der Waals surface area contributed by atoms with E-state index in [4.69, 9.17) is 22.4 Å². The van der Waals surface area contributed by atoms with Gasteiger partial charge in [-0.25, -0.2) is 8.78 Å². The number of halogens is 6. The third-order valence-corrected chi connectivity index (χ3v) is 2.50. The third-order valence-electron chi connectivity index (χ3n) is 2.21. The molecule has 9 heteroatoms. The van der Waals surface area contributed by atoms with Gasteiger partial charge in [-0.05, 0) is 17.7 Å². The number of benzene rings is 1. The van der Waals surface area contributed by atoms with E-state index < -0.39 is 35.7 Å². The minimum absolute atomic E-state index is 0.224. The zero-order valence-corrected chi connectivity index (χ0v) is 9.97. The van der Waals surface area contributed by atoms with Gasteiger partial charge in [-0.2, -0.15) is 0 Å². The summed E-state index contributed by atoms with van der Waals surface area (Å²) in [5.74, 6) is -4.34. The molecule has 0 bridgehead atoms. The third kappa shape index (κ3) is 4.19. The lowest BCUT2D eigenvalue weighted by atomic mass is 10.0. The summed E-state index contributed by atoms with van der Waals surface area (Å²) in [5.41, 5.74) is 4.97. The van der Waals surface area contributed by atoms with E-state index in [1.165, 1.54) is 0 Å². The van der Waals surface area contributed by atoms with Gasteiger partial charge in [0.05, 0.1) is 11.1 Å². The van der Waals surface area contributed by atoms with Crippen LogP contribution in [0.5, 0.6) is 5.75 Å². The molecule has 0 aliphatic rings. The average Bonchev–Trinajstić information content (AvgIpc) is 2.29. The molecule has 1 atom stereocenters. The molecule has 3 nitrogen and oxygen atoms in total. The van der Waals surface area contributed by atoms with Crippen molar-refractivity contribution in [1.29, 1.82) is 0 Å². The first kappa shape index (κ1) is 15.9. The van der Waals surface area contributed by atoms with Crippen LogP contribution in [0.15, 0.2) is 18.2 Å². The highest BCUT2D eigenvalue weighted by atomic mass is 35.5. The van der Waals surface area contributed by atoms with E-state index in [2.05, 4.69) is 4.74 Å². The predicted molar refractivity (Wildman–Crippen MR) is 57.1 cm³/mol. The number of alkyl halides is 5. The molecule has 108 valence electrons. The highest BCUT2D eigenvalue weighted by Crippen LogP contribution is 2.35. The molecule has 19 heavy (non-hydrogen) atoms. The molecule has 0 spiro atoms. The number of aliphatic hydroxyl groups excluding tert-OH is 1. The fourth-order valence-corrected chi connectivity index (χ4v) is 1.49. The van der Waals surface area contributed by atoms with E-state index in [1.807, 2.05) is 0 Å². The Hall–Kier alpha value is -1.12. The van der Waals surface area contributed by atoms with E-state index in [1.54, 1.807) is 0 Å². The lowest BCUT2D eigenvalue weighted by molar-refractivity contribution is -0.274. The van der Waals surface area contributed by atoms with Crippen LogP contribution < -0.4 is 10.5 Å². The van der Waals surface area contributed by atoms with Gasteiger partial charge in [-0.1, -0.05) is 17.7 Å². The molecule has 0 fully saturated rings. The lowest BCUT2D eigenvalue weighted by Gasteiger charge is -2.22. The summed E-state index contributed by atoms with van der Waals surface area (Å²) in [6, 6.07) is 0.631. The lowest BCUT2D eigenvalue weighted by Crippen LogP contribution is -2.36. The molecule has 0 saturated heterocycles. The number of nitrogens with two attached hydrogens (primary N) is 1. The van der Waals surface area contributed by atoms with Gasteiger partial charge in [0.1, 0.15) is 12.4 Å². The van der Waals surface area contributed by atoms with Crippen molar-refractivity contribution >= 4 is 11.6 Å². The molecule has 0 aliphatic carbocycles. The molecule has 0 saturated carbocycles. The molecular weight excluding hydrogens is 297 g/mol. The molecule has 0 amide bonds. The number of hydrogen-bond acceptors (Lipinski definition) is 3. The van der Waals surface area contributed by atoms with Crippen LogP contribution in [-0.4, -0.2) is 24.0 Å². The summed E-state index contributed by atoms with van der Waals surface area (Å²) in [4.78, 5) is 0. The van der Waals surface area contributed by atoms with Gasteiger partial charge in [-0.3, -0.25) is 0 Å². The van der Waals surface area contributed by atoms with Gasteiger partial charge in [0.25, 0.3) is 5.92 Å². The van der Waals surface area contributed by atoms with Gasteiger partial charge in [0, 0.05) is 0 Å². The molecule has 3 N–H and O–H groups in total. The summed E-state index contributed by atoms with van der Waals surface area (Å²) in [6.45, 7) is -1.49. The highest BCUT2D eigenvalue weighted by molar-refractivity contribution is 6.32. The largest absolute Gasteiger partial charge is 0.573 e. The van der Waals surface area contributed by atoms with Crippen molar-refractivity contribution in [2.75, 3.05) is 6.61 Å². The quantitative estimate of drug-likeness (QED) is 0.841. The number of aliphatic hydroxyl groups is 1. The maximum atomic E-state index is 13.1. The van der Waals surface area contributed by atoms with Crippen LogP contribution in [0, 0.1) is 0 Å². The van der Waals surface area contributed by atoms with Crippen molar-refractivity contribution in [1.82, 2.24) is 0 Å². The van der Waals surface area contributed by atoms with E-state index in [-0.39, 0.29) is 5.56 Å². The van der Waals surface area contributed by atoms with Crippen LogP contribution in [0.25, 0.3) is 0 Å². The maximum absolute atomic E-state index is 13.1. The minimum atomic E-state index is -4.94. The molecule has 1 aromatic carbocycles. The molecule has 0 aromatic heterocycles. The van der Waals surface area contributed by atoms with Crippen LogP contribution in [0.3, 0.4) is 0 Å². The molecule has 1 rings (SSSR count). The highest BCUT2D eigenvalue weighted by Gasteiger charge is 2.38. The average molecular weight is 306 g/mol. The number of hydrogen-bond donors (Lipinski definition) is 2. The molecule has 1 aromatic rings. The van der Waals surface area contributed by atoms with Crippen molar-refractivity contribution in [2.24, 2.45) is 5.73 Å². The molecule has 0 radical (unpaired) electrons. The summed E-state index contributed by atoms with van der Waals surface area (Å²) >= 11 is 5.48. The van der Waals surface area contributed by atoms with Crippen LogP contribution in [0.1, 0.15) is 11.6 Å². The summed E-state index contributed by atoms with van der Waals surface area (Å²) in [7, 11) is 0. The Morgan fingerprint density at radius 2 is 1.84 bits per heavy atom. The Morgan fingerprint density at radius 1 is 1.26 bits per heavy atom. The Bertz CT molecular complexity index is 452. The Kier molecular flexibility index (Phi) is 4.59.